The van der Waals surface area contributed by atoms with Gasteiger partial charge in [0.15, 0.2) is 5.69 Å². The summed E-state index contributed by atoms with van der Waals surface area (Å²) in [5.41, 5.74) is 12.6. The summed E-state index contributed by atoms with van der Waals surface area (Å²) in [6.07, 6.45) is 0. The molecular formula is C50H29N5. The first-order chi connectivity index (χ1) is 27.2. The lowest BCUT2D eigenvalue weighted by molar-refractivity contribution is 1.17. The third-order valence-corrected chi connectivity index (χ3v) is 11.1. The molecule has 0 fully saturated rings. The van der Waals surface area contributed by atoms with Gasteiger partial charge >= 0.3 is 0 Å². The van der Waals surface area contributed by atoms with Gasteiger partial charge in [-0.1, -0.05) is 103 Å². The molecule has 0 bridgehead atoms. The quantitative estimate of drug-likeness (QED) is 0.169. The summed E-state index contributed by atoms with van der Waals surface area (Å²) in [6.45, 7) is 7.88. The minimum atomic E-state index is 0.597. The maximum absolute atomic E-state index is 10.4. The number of hydrogen-bond donors (Lipinski definition) is 0. The van der Waals surface area contributed by atoms with E-state index in [4.69, 9.17) is 6.57 Å². The zero-order chi connectivity index (χ0) is 36.6. The largest absolute Gasteiger partial charge is 0.311 e. The Hall–Kier alpha value is -7.86. The van der Waals surface area contributed by atoms with Crippen LogP contribution in [0.4, 0.5) is 5.69 Å². The first kappa shape index (κ1) is 30.7. The summed E-state index contributed by atoms with van der Waals surface area (Å²) in [5, 5.41) is 17.2. The van der Waals surface area contributed by atoms with Crippen LogP contribution in [0.3, 0.4) is 0 Å². The summed E-state index contributed by atoms with van der Waals surface area (Å²) in [5.74, 6) is 0. The van der Waals surface area contributed by atoms with Gasteiger partial charge in [0.25, 0.3) is 0 Å². The molecule has 0 saturated heterocycles. The van der Waals surface area contributed by atoms with Crippen molar-refractivity contribution >= 4 is 71.1 Å². The average molecular weight is 700 g/mol. The van der Waals surface area contributed by atoms with Crippen LogP contribution >= 0.6 is 0 Å². The summed E-state index contributed by atoms with van der Waals surface area (Å²) < 4.78 is 6.96. The van der Waals surface area contributed by atoms with E-state index in [1.807, 2.05) is 36.4 Å². The molecule has 0 N–H and O–H groups in total. The summed E-state index contributed by atoms with van der Waals surface area (Å²) in [7, 11) is 0. The predicted molar refractivity (Wildman–Crippen MR) is 226 cm³/mol. The van der Waals surface area contributed by atoms with Crippen LogP contribution in [0.2, 0.25) is 0 Å². The van der Waals surface area contributed by atoms with Crippen LogP contribution in [-0.2, 0) is 0 Å². The highest BCUT2D eigenvalue weighted by Gasteiger charge is 2.21. The van der Waals surface area contributed by atoms with Crippen LogP contribution < -0.4 is 0 Å². The lowest BCUT2D eigenvalue weighted by Crippen LogP contribution is -1.98. The van der Waals surface area contributed by atoms with Gasteiger partial charge in [-0.15, -0.1) is 0 Å². The van der Waals surface area contributed by atoms with Crippen LogP contribution in [0.5, 0.6) is 0 Å². The van der Waals surface area contributed by atoms with Gasteiger partial charge in [0, 0.05) is 49.4 Å². The van der Waals surface area contributed by atoms with Crippen molar-refractivity contribution in [3.8, 4) is 34.3 Å². The Labute approximate surface area is 316 Å². The second-order valence-electron chi connectivity index (χ2n) is 13.9. The Bertz CT molecular complexity index is 3420. The molecule has 11 aromatic rings. The maximum atomic E-state index is 10.4. The number of aromatic nitrogens is 3. The van der Waals surface area contributed by atoms with E-state index in [0.717, 1.165) is 61.0 Å². The lowest BCUT2D eigenvalue weighted by Gasteiger charge is -2.14. The van der Waals surface area contributed by atoms with Crippen LogP contribution in [0.25, 0.3) is 98.5 Å². The zero-order valence-corrected chi connectivity index (χ0v) is 29.5. The van der Waals surface area contributed by atoms with E-state index in [0.29, 0.717) is 11.3 Å². The van der Waals surface area contributed by atoms with Gasteiger partial charge in [0.1, 0.15) is 0 Å². The highest BCUT2D eigenvalue weighted by atomic mass is 15.0. The molecular weight excluding hydrogens is 671 g/mol. The number of fused-ring (bicyclic) bond motifs is 9. The highest BCUT2D eigenvalue weighted by molar-refractivity contribution is 6.17. The Morgan fingerprint density at radius 2 is 0.945 bits per heavy atom. The van der Waals surface area contributed by atoms with Crippen LogP contribution in [0, 0.1) is 17.9 Å². The molecule has 55 heavy (non-hydrogen) atoms. The molecule has 5 nitrogen and oxygen atoms in total. The molecule has 3 heterocycles. The molecule has 254 valence electrons. The number of hydrogen-bond acceptors (Lipinski definition) is 1. The third-order valence-electron chi connectivity index (χ3n) is 11.1. The van der Waals surface area contributed by atoms with Crippen LogP contribution in [0.1, 0.15) is 5.56 Å². The third kappa shape index (κ3) is 4.39. The minimum absolute atomic E-state index is 0.597. The summed E-state index contributed by atoms with van der Waals surface area (Å²) in [4.78, 5) is 3.86. The molecule has 0 amide bonds. The molecule has 0 unspecified atom stereocenters. The predicted octanol–water partition coefficient (Wildman–Crippen LogP) is 13.1. The molecule has 8 aromatic carbocycles. The Balaban J connectivity index is 1.14. The Morgan fingerprint density at radius 3 is 1.58 bits per heavy atom. The number of nitrogens with zero attached hydrogens (tertiary/aromatic N) is 5. The van der Waals surface area contributed by atoms with Gasteiger partial charge < -0.3 is 13.7 Å². The number of nitriles is 1. The molecule has 5 heteroatoms. The second-order valence-corrected chi connectivity index (χ2v) is 13.9. The first-order valence-corrected chi connectivity index (χ1v) is 18.3. The van der Waals surface area contributed by atoms with Gasteiger partial charge in [-0.2, -0.15) is 5.26 Å². The molecule has 0 saturated carbocycles. The lowest BCUT2D eigenvalue weighted by atomic mass is 9.99. The van der Waals surface area contributed by atoms with Gasteiger partial charge in [-0.3, -0.25) is 0 Å². The molecule has 0 atom stereocenters. The normalized spacial score (nSPS) is 11.6. The first-order valence-electron chi connectivity index (χ1n) is 18.3. The fraction of sp³-hybridized carbons (Fsp3) is 0. The van der Waals surface area contributed by atoms with E-state index >= 15 is 0 Å². The van der Waals surface area contributed by atoms with E-state index in [-0.39, 0.29) is 0 Å². The Kier molecular flexibility index (Phi) is 6.61. The Morgan fingerprint density at radius 1 is 0.436 bits per heavy atom. The number of rotatable bonds is 4. The minimum Gasteiger partial charge on any atom is -0.311 e. The molecule has 0 aliphatic heterocycles. The summed E-state index contributed by atoms with van der Waals surface area (Å²) in [6, 6.07) is 63.6. The number of para-hydroxylation sites is 4. The van der Waals surface area contributed by atoms with Gasteiger partial charge in [0.2, 0.25) is 0 Å². The molecule has 11 rings (SSSR count). The smallest absolute Gasteiger partial charge is 0.197 e. The molecule has 0 spiro atoms. The van der Waals surface area contributed by atoms with Crippen LogP contribution in [-0.4, -0.2) is 13.7 Å². The van der Waals surface area contributed by atoms with E-state index in [9.17, 15) is 5.26 Å². The standard InChI is InChI=1S/C50H29N5/c1-52-41-19-11-24-46-49(41)38-17-4-8-22-44(38)54(46)35-28-27-33(31-51)40(30-35)32-13-10-14-34(29-32)53-45-23-9-5-18-39(45)50-47(53)25-12-26-48(50)55-42-20-6-2-15-36(42)37-16-3-7-21-43(37)55/h2-30H. The van der Waals surface area contributed by atoms with Crippen molar-refractivity contribution in [1.29, 1.82) is 5.26 Å². The van der Waals surface area contributed by atoms with E-state index in [1.54, 1.807) is 0 Å². The highest BCUT2D eigenvalue weighted by Crippen LogP contribution is 2.42. The monoisotopic (exact) mass is 699 g/mol. The van der Waals surface area contributed by atoms with E-state index in [2.05, 4.69) is 164 Å². The molecule has 0 aliphatic carbocycles. The van der Waals surface area contributed by atoms with E-state index < -0.39 is 0 Å². The average Bonchev–Trinajstić information content (AvgIpc) is 3.89. The van der Waals surface area contributed by atoms with Crippen molar-refractivity contribution in [2.45, 2.75) is 0 Å². The van der Waals surface area contributed by atoms with Gasteiger partial charge in [-0.05, 0) is 83.7 Å². The van der Waals surface area contributed by atoms with E-state index in [1.165, 1.54) is 32.6 Å². The van der Waals surface area contributed by atoms with Gasteiger partial charge in [-0.25, -0.2) is 4.85 Å². The molecule has 0 radical (unpaired) electrons. The number of benzene rings is 8. The van der Waals surface area contributed by atoms with Crippen molar-refractivity contribution in [3.05, 3.63) is 193 Å². The van der Waals surface area contributed by atoms with Crippen molar-refractivity contribution < 1.29 is 0 Å². The maximum Gasteiger partial charge on any atom is 0.197 e. The summed E-state index contributed by atoms with van der Waals surface area (Å²) >= 11 is 0. The topological polar surface area (TPSA) is 42.9 Å². The molecule has 3 aromatic heterocycles. The van der Waals surface area contributed by atoms with Crippen molar-refractivity contribution in [1.82, 2.24) is 13.7 Å². The fourth-order valence-corrected chi connectivity index (χ4v) is 8.84. The fourth-order valence-electron chi connectivity index (χ4n) is 8.84. The van der Waals surface area contributed by atoms with Crippen LogP contribution in [0.15, 0.2) is 176 Å². The van der Waals surface area contributed by atoms with Gasteiger partial charge in [0.05, 0.1) is 51.5 Å². The van der Waals surface area contributed by atoms with Crippen molar-refractivity contribution in [2.24, 2.45) is 0 Å². The van der Waals surface area contributed by atoms with Crippen molar-refractivity contribution in [2.75, 3.05) is 0 Å². The zero-order valence-electron chi connectivity index (χ0n) is 29.5. The second kappa shape index (κ2) is 11.8. The SMILES string of the molecule is [C-]#[N+]c1cccc2c1c1ccccc1n2-c1ccc(C#N)c(-c2cccc(-n3c4ccccc4c4c(-n5c6ccccc6c6ccccc65)cccc43)c2)c1. The molecule has 0 aliphatic rings. The van der Waals surface area contributed by atoms with Crippen molar-refractivity contribution in [3.63, 3.8) is 0 Å².